The van der Waals surface area contributed by atoms with E-state index < -0.39 is 0 Å². The molecule has 1 aliphatic rings. The zero-order valence-electron chi connectivity index (χ0n) is 10.3. The smallest absolute Gasteiger partial charge is 0.225 e. The normalized spacial score (nSPS) is 19.2. The van der Waals surface area contributed by atoms with E-state index >= 15 is 0 Å². The molecule has 1 atom stereocenters. The van der Waals surface area contributed by atoms with Gasteiger partial charge < -0.3 is 4.90 Å². The van der Waals surface area contributed by atoms with Crippen LogP contribution in [0.2, 0.25) is 0 Å². The average molecular weight is 241 g/mol. The maximum Gasteiger partial charge on any atom is 0.225 e. The number of rotatable bonds is 2. The van der Waals surface area contributed by atoms with Crippen LogP contribution in [0, 0.1) is 6.92 Å². The van der Waals surface area contributed by atoms with Crippen LogP contribution in [0.3, 0.4) is 0 Å². The molecule has 0 unspecified atom stereocenters. The van der Waals surface area contributed by atoms with Crippen molar-refractivity contribution >= 4 is 5.95 Å². The van der Waals surface area contributed by atoms with E-state index in [1.54, 1.807) is 18.6 Å². The van der Waals surface area contributed by atoms with E-state index in [2.05, 4.69) is 24.8 Å². The molecule has 1 saturated heterocycles. The molecule has 0 N–H and O–H groups in total. The van der Waals surface area contributed by atoms with Gasteiger partial charge in [0.2, 0.25) is 5.95 Å². The highest BCUT2D eigenvalue weighted by molar-refractivity contribution is 5.35. The van der Waals surface area contributed by atoms with E-state index in [0.717, 1.165) is 36.7 Å². The maximum atomic E-state index is 4.57. The van der Waals surface area contributed by atoms with Crippen molar-refractivity contribution in [3.05, 3.63) is 42.2 Å². The van der Waals surface area contributed by atoms with Crippen LogP contribution in [0.5, 0.6) is 0 Å². The van der Waals surface area contributed by atoms with Gasteiger partial charge in [0.05, 0.1) is 23.6 Å². The molecule has 2 aromatic rings. The molecular weight excluding hydrogens is 226 g/mol. The van der Waals surface area contributed by atoms with Crippen molar-refractivity contribution in [1.29, 1.82) is 0 Å². The zero-order chi connectivity index (χ0) is 12.4. The summed E-state index contributed by atoms with van der Waals surface area (Å²) in [7, 11) is 0. The highest BCUT2D eigenvalue weighted by Gasteiger charge is 2.29. The third kappa shape index (κ3) is 2.03. The first-order chi connectivity index (χ1) is 8.84. The lowest BCUT2D eigenvalue weighted by atomic mass is 10.1. The van der Waals surface area contributed by atoms with E-state index in [9.17, 15) is 0 Å². The molecule has 1 aliphatic heterocycles. The molecule has 5 nitrogen and oxygen atoms in total. The molecule has 0 aliphatic carbocycles. The Balaban J connectivity index is 1.92. The van der Waals surface area contributed by atoms with E-state index in [-0.39, 0.29) is 6.04 Å². The van der Waals surface area contributed by atoms with Crippen molar-refractivity contribution < 1.29 is 0 Å². The Labute approximate surface area is 106 Å². The summed E-state index contributed by atoms with van der Waals surface area (Å²) in [5.74, 6) is 0.781. The Morgan fingerprint density at radius 2 is 2.06 bits per heavy atom. The molecule has 0 saturated carbocycles. The van der Waals surface area contributed by atoms with E-state index in [0.29, 0.717) is 0 Å². The first-order valence-electron chi connectivity index (χ1n) is 6.17. The van der Waals surface area contributed by atoms with Crippen LogP contribution >= 0.6 is 0 Å². The first-order valence-corrected chi connectivity index (χ1v) is 6.17. The van der Waals surface area contributed by atoms with Crippen LogP contribution in [-0.4, -0.2) is 26.5 Å². The molecule has 3 heterocycles. The fourth-order valence-electron chi connectivity index (χ4n) is 2.40. The van der Waals surface area contributed by atoms with Gasteiger partial charge in [0, 0.05) is 25.1 Å². The minimum atomic E-state index is 0.250. The van der Waals surface area contributed by atoms with Crippen LogP contribution in [0.25, 0.3) is 0 Å². The fourth-order valence-corrected chi connectivity index (χ4v) is 2.40. The van der Waals surface area contributed by atoms with Crippen molar-refractivity contribution in [1.82, 2.24) is 19.9 Å². The van der Waals surface area contributed by atoms with Crippen molar-refractivity contribution in [2.24, 2.45) is 0 Å². The summed E-state index contributed by atoms with van der Waals surface area (Å²) in [5.41, 5.74) is 1.97. The summed E-state index contributed by atoms with van der Waals surface area (Å²) in [6.45, 7) is 2.94. The number of hydrogen-bond acceptors (Lipinski definition) is 5. The Bertz CT molecular complexity index is 528. The molecule has 0 aromatic carbocycles. The molecule has 18 heavy (non-hydrogen) atoms. The van der Waals surface area contributed by atoms with Gasteiger partial charge in [-0.1, -0.05) is 0 Å². The third-order valence-corrected chi connectivity index (χ3v) is 3.18. The summed E-state index contributed by atoms with van der Waals surface area (Å²) in [5, 5.41) is 0. The van der Waals surface area contributed by atoms with Crippen molar-refractivity contribution in [3.8, 4) is 0 Å². The fraction of sp³-hybridized carbons (Fsp3) is 0.385. The van der Waals surface area contributed by atoms with Crippen molar-refractivity contribution in [2.75, 3.05) is 11.4 Å². The summed E-state index contributed by atoms with van der Waals surface area (Å²) < 4.78 is 0. The van der Waals surface area contributed by atoms with Crippen LogP contribution in [-0.2, 0) is 0 Å². The van der Waals surface area contributed by atoms with Gasteiger partial charge in [-0.2, -0.15) is 0 Å². The lowest BCUT2D eigenvalue weighted by Gasteiger charge is -2.23. The molecule has 0 spiro atoms. The largest absolute Gasteiger partial charge is 0.332 e. The van der Waals surface area contributed by atoms with Crippen LogP contribution in [0.4, 0.5) is 5.95 Å². The first kappa shape index (κ1) is 11.1. The Hall–Kier alpha value is -2.04. The van der Waals surface area contributed by atoms with Gasteiger partial charge in [0.15, 0.2) is 0 Å². The molecule has 0 amide bonds. The van der Waals surface area contributed by atoms with E-state index in [4.69, 9.17) is 0 Å². The van der Waals surface area contributed by atoms with Gasteiger partial charge in [0.1, 0.15) is 0 Å². The number of aryl methyl sites for hydroxylation is 1. The maximum absolute atomic E-state index is 4.57. The molecule has 0 bridgehead atoms. The Morgan fingerprint density at radius 1 is 1.22 bits per heavy atom. The molecule has 0 radical (unpaired) electrons. The summed E-state index contributed by atoms with van der Waals surface area (Å²) in [6, 6.07) is 2.08. The average Bonchev–Trinajstić information content (AvgIpc) is 2.89. The second-order valence-corrected chi connectivity index (χ2v) is 4.49. The Morgan fingerprint density at radius 3 is 2.83 bits per heavy atom. The molecule has 2 aromatic heterocycles. The SMILES string of the molecule is Cc1cncc([C@H]2CCCN2c2ncccn2)n1. The highest BCUT2D eigenvalue weighted by atomic mass is 15.3. The van der Waals surface area contributed by atoms with Gasteiger partial charge in [0.25, 0.3) is 0 Å². The van der Waals surface area contributed by atoms with Gasteiger partial charge in [-0.15, -0.1) is 0 Å². The minimum Gasteiger partial charge on any atom is -0.332 e. The van der Waals surface area contributed by atoms with Gasteiger partial charge in [-0.25, -0.2) is 9.97 Å². The molecule has 3 rings (SSSR count). The topological polar surface area (TPSA) is 54.8 Å². The van der Waals surface area contributed by atoms with Gasteiger partial charge in [-0.05, 0) is 25.8 Å². The summed E-state index contributed by atoms with van der Waals surface area (Å²) in [4.78, 5) is 19.7. The second kappa shape index (κ2) is 4.68. The molecule has 1 fully saturated rings. The predicted molar refractivity (Wildman–Crippen MR) is 68.1 cm³/mol. The van der Waals surface area contributed by atoms with Crippen molar-refractivity contribution in [3.63, 3.8) is 0 Å². The Kier molecular flexibility index (Phi) is 2.88. The van der Waals surface area contributed by atoms with Gasteiger partial charge in [-0.3, -0.25) is 9.97 Å². The van der Waals surface area contributed by atoms with Gasteiger partial charge >= 0.3 is 0 Å². The minimum absolute atomic E-state index is 0.250. The highest BCUT2D eigenvalue weighted by Crippen LogP contribution is 2.32. The summed E-state index contributed by atoms with van der Waals surface area (Å²) >= 11 is 0. The quantitative estimate of drug-likeness (QED) is 0.804. The van der Waals surface area contributed by atoms with Crippen LogP contribution in [0.15, 0.2) is 30.9 Å². The number of hydrogen-bond donors (Lipinski definition) is 0. The standard InChI is InChI=1S/C13H15N5/c1-10-8-14-9-11(17-10)12-4-2-7-18(12)13-15-5-3-6-16-13/h3,5-6,8-9,12H,2,4,7H2,1H3/t12-/m1/s1. The number of aromatic nitrogens is 4. The molecule has 5 heteroatoms. The third-order valence-electron chi connectivity index (χ3n) is 3.18. The molecule has 92 valence electrons. The van der Waals surface area contributed by atoms with Crippen LogP contribution < -0.4 is 4.90 Å². The lowest BCUT2D eigenvalue weighted by molar-refractivity contribution is 0.672. The summed E-state index contributed by atoms with van der Waals surface area (Å²) in [6.07, 6.45) is 9.40. The number of anilines is 1. The van der Waals surface area contributed by atoms with Crippen LogP contribution in [0.1, 0.15) is 30.3 Å². The van der Waals surface area contributed by atoms with Crippen molar-refractivity contribution in [2.45, 2.75) is 25.8 Å². The lowest BCUT2D eigenvalue weighted by Crippen LogP contribution is -2.25. The van der Waals surface area contributed by atoms with E-state index in [1.165, 1.54) is 0 Å². The predicted octanol–water partition coefficient (Wildman–Crippen LogP) is 1.92. The second-order valence-electron chi connectivity index (χ2n) is 4.49. The zero-order valence-corrected chi connectivity index (χ0v) is 10.3. The molecular formula is C13H15N5. The van der Waals surface area contributed by atoms with E-state index in [1.807, 2.05) is 19.2 Å². The monoisotopic (exact) mass is 241 g/mol. The number of nitrogens with zero attached hydrogens (tertiary/aromatic N) is 5.